The molecule has 1 radical (unpaired) electrons. The molecule has 0 spiro atoms. The van der Waals surface area contributed by atoms with Crippen molar-refractivity contribution in [3.8, 4) is 0 Å². The van der Waals surface area contributed by atoms with E-state index in [4.69, 9.17) is 0 Å². The molecule has 2 heteroatoms. The molecule has 0 N–H and O–H groups in total. The van der Waals surface area contributed by atoms with Gasteiger partial charge in [-0.2, -0.15) is 10.2 Å². The van der Waals surface area contributed by atoms with Crippen LogP contribution in [0.15, 0.2) is 30.6 Å². The molecule has 0 unspecified atom stereocenters. The quantitative estimate of drug-likeness (QED) is 0.537. The Morgan fingerprint density at radius 1 is 1.20 bits per heavy atom. The molecule has 10 heavy (non-hydrogen) atoms. The number of hydrogen-bond donors (Lipinski definition) is 0. The summed E-state index contributed by atoms with van der Waals surface area (Å²) in [6.45, 7) is 0. The van der Waals surface area contributed by atoms with Crippen LogP contribution >= 0.6 is 0 Å². The average molecular weight is 129 g/mol. The minimum absolute atomic E-state index is 1.01. The smallest absolute Gasteiger partial charge is 0.0580 e. The Labute approximate surface area is 58.5 Å². The van der Waals surface area contributed by atoms with Gasteiger partial charge < -0.3 is 0 Å². The largest absolute Gasteiger partial charge is 0.158 e. The first-order chi connectivity index (χ1) is 4.97. The Balaban J connectivity index is 2.89. The molecule has 0 amide bonds. The van der Waals surface area contributed by atoms with Gasteiger partial charge in [0, 0.05) is 10.8 Å². The number of hydrogen-bond acceptors (Lipinski definition) is 2. The summed E-state index contributed by atoms with van der Waals surface area (Å²) in [5.74, 6) is 0. The van der Waals surface area contributed by atoms with Crippen LogP contribution in [0.1, 0.15) is 0 Å². The molecule has 0 saturated carbocycles. The number of fused-ring (bicyclic) bond motifs is 1. The minimum Gasteiger partial charge on any atom is -0.158 e. The predicted molar refractivity (Wildman–Crippen MR) is 38.4 cm³/mol. The van der Waals surface area contributed by atoms with Gasteiger partial charge in [-0.15, -0.1) is 0 Å². The molecule has 2 aromatic rings. The molecule has 0 bridgehead atoms. The van der Waals surface area contributed by atoms with Crippen LogP contribution < -0.4 is 0 Å². The molecule has 47 valence electrons. The first-order valence-electron chi connectivity index (χ1n) is 3.04. The van der Waals surface area contributed by atoms with Crippen LogP contribution in [0.5, 0.6) is 0 Å². The fourth-order valence-electron chi connectivity index (χ4n) is 0.874. The zero-order valence-electron chi connectivity index (χ0n) is 5.28. The summed E-state index contributed by atoms with van der Waals surface area (Å²) in [6, 6.07) is 8.83. The third-order valence-electron chi connectivity index (χ3n) is 1.37. The lowest BCUT2D eigenvalue weighted by atomic mass is 10.2. The fraction of sp³-hybridized carbons (Fsp3) is 0. The van der Waals surface area contributed by atoms with Crippen LogP contribution in [0, 0.1) is 6.07 Å². The van der Waals surface area contributed by atoms with Gasteiger partial charge in [-0.3, -0.25) is 0 Å². The Kier molecular flexibility index (Phi) is 1.10. The van der Waals surface area contributed by atoms with Crippen molar-refractivity contribution < 1.29 is 0 Å². The topological polar surface area (TPSA) is 25.8 Å². The van der Waals surface area contributed by atoms with E-state index in [1.807, 2.05) is 18.2 Å². The summed E-state index contributed by atoms with van der Waals surface area (Å²) in [5.41, 5.74) is 0. The highest BCUT2D eigenvalue weighted by Gasteiger charge is 1.87. The summed E-state index contributed by atoms with van der Waals surface area (Å²) in [4.78, 5) is 0. The first kappa shape index (κ1) is 5.35. The Morgan fingerprint density at radius 3 is 3.00 bits per heavy atom. The summed E-state index contributed by atoms with van der Waals surface area (Å²) in [6.07, 6.45) is 3.43. The van der Waals surface area contributed by atoms with E-state index in [1.54, 1.807) is 12.4 Å². The minimum atomic E-state index is 1.01. The molecular formula is C8H5N2. The summed E-state index contributed by atoms with van der Waals surface area (Å²) >= 11 is 0. The monoisotopic (exact) mass is 129 g/mol. The lowest BCUT2D eigenvalue weighted by molar-refractivity contribution is 1.05. The maximum Gasteiger partial charge on any atom is 0.0580 e. The predicted octanol–water partition coefficient (Wildman–Crippen LogP) is 1.43. The van der Waals surface area contributed by atoms with Crippen LogP contribution in [0.2, 0.25) is 0 Å². The van der Waals surface area contributed by atoms with Gasteiger partial charge in [0.15, 0.2) is 0 Å². The van der Waals surface area contributed by atoms with Crippen molar-refractivity contribution in [3.05, 3.63) is 36.7 Å². The number of aromatic nitrogens is 2. The van der Waals surface area contributed by atoms with Crippen LogP contribution in [-0.2, 0) is 0 Å². The second kappa shape index (κ2) is 2.06. The van der Waals surface area contributed by atoms with Gasteiger partial charge >= 0.3 is 0 Å². The normalized spacial score (nSPS) is 10.0. The average Bonchev–Trinajstić information content (AvgIpc) is 2.05. The highest BCUT2D eigenvalue weighted by Crippen LogP contribution is 2.07. The summed E-state index contributed by atoms with van der Waals surface area (Å²) in [7, 11) is 0. The van der Waals surface area contributed by atoms with Crippen molar-refractivity contribution in [2.75, 3.05) is 0 Å². The number of benzene rings is 1. The molecule has 1 aromatic carbocycles. The second-order valence-corrected chi connectivity index (χ2v) is 2.03. The van der Waals surface area contributed by atoms with E-state index in [9.17, 15) is 0 Å². The molecule has 0 fully saturated rings. The Hall–Kier alpha value is -1.44. The van der Waals surface area contributed by atoms with E-state index < -0.39 is 0 Å². The van der Waals surface area contributed by atoms with E-state index in [0.29, 0.717) is 0 Å². The standard InChI is InChI=1S/C8H5N2/c1-2-4-8-6-10-9-5-7(8)3-1/h1-3,5-6H. The molecule has 2 rings (SSSR count). The summed E-state index contributed by atoms with van der Waals surface area (Å²) < 4.78 is 0. The Bertz CT molecular complexity index is 278. The molecule has 0 aliphatic heterocycles. The maximum absolute atomic E-state index is 3.74. The summed E-state index contributed by atoms with van der Waals surface area (Å²) in [5, 5.41) is 9.57. The van der Waals surface area contributed by atoms with Crippen molar-refractivity contribution >= 4 is 10.8 Å². The number of nitrogens with zero attached hydrogens (tertiary/aromatic N) is 2. The van der Waals surface area contributed by atoms with Crippen molar-refractivity contribution in [2.24, 2.45) is 0 Å². The lowest BCUT2D eigenvalue weighted by Gasteiger charge is -1.90. The van der Waals surface area contributed by atoms with E-state index >= 15 is 0 Å². The van der Waals surface area contributed by atoms with Crippen molar-refractivity contribution in [3.63, 3.8) is 0 Å². The second-order valence-electron chi connectivity index (χ2n) is 2.03. The Morgan fingerprint density at radius 2 is 2.10 bits per heavy atom. The van der Waals surface area contributed by atoms with Crippen molar-refractivity contribution in [1.82, 2.24) is 10.2 Å². The molecule has 0 saturated heterocycles. The molecule has 0 aliphatic rings. The maximum atomic E-state index is 3.74. The molecule has 2 nitrogen and oxygen atoms in total. The van der Waals surface area contributed by atoms with Crippen molar-refractivity contribution in [2.45, 2.75) is 0 Å². The van der Waals surface area contributed by atoms with Gasteiger partial charge in [0.25, 0.3) is 0 Å². The zero-order valence-corrected chi connectivity index (χ0v) is 5.28. The fourth-order valence-corrected chi connectivity index (χ4v) is 0.874. The molecule has 1 heterocycles. The highest BCUT2D eigenvalue weighted by atomic mass is 15.1. The van der Waals surface area contributed by atoms with Gasteiger partial charge in [0.2, 0.25) is 0 Å². The van der Waals surface area contributed by atoms with Crippen LogP contribution in [0.3, 0.4) is 0 Å². The zero-order chi connectivity index (χ0) is 6.81. The van der Waals surface area contributed by atoms with E-state index in [1.165, 1.54) is 0 Å². The molecule has 1 aromatic heterocycles. The van der Waals surface area contributed by atoms with Gasteiger partial charge in [0.1, 0.15) is 0 Å². The van der Waals surface area contributed by atoms with Crippen molar-refractivity contribution in [1.29, 1.82) is 0 Å². The van der Waals surface area contributed by atoms with Gasteiger partial charge in [0.05, 0.1) is 12.4 Å². The van der Waals surface area contributed by atoms with E-state index in [0.717, 1.165) is 10.8 Å². The third-order valence-corrected chi connectivity index (χ3v) is 1.37. The molecule has 0 atom stereocenters. The van der Waals surface area contributed by atoms with Gasteiger partial charge in [-0.05, 0) is 6.07 Å². The first-order valence-corrected chi connectivity index (χ1v) is 3.04. The molecular weight excluding hydrogens is 124 g/mol. The van der Waals surface area contributed by atoms with Crippen LogP contribution in [0.25, 0.3) is 10.8 Å². The lowest BCUT2D eigenvalue weighted by Crippen LogP contribution is -1.78. The van der Waals surface area contributed by atoms with Crippen LogP contribution in [0.4, 0.5) is 0 Å². The van der Waals surface area contributed by atoms with Gasteiger partial charge in [-0.1, -0.05) is 18.2 Å². The van der Waals surface area contributed by atoms with E-state index in [-0.39, 0.29) is 0 Å². The van der Waals surface area contributed by atoms with E-state index in [2.05, 4.69) is 16.3 Å². The molecule has 0 aliphatic carbocycles. The number of rotatable bonds is 0. The third kappa shape index (κ3) is 0.739. The highest BCUT2D eigenvalue weighted by molar-refractivity contribution is 5.79. The SMILES string of the molecule is [c]1cccc2cnncc12. The van der Waals surface area contributed by atoms with Gasteiger partial charge in [-0.25, -0.2) is 0 Å². The van der Waals surface area contributed by atoms with Crippen LogP contribution in [-0.4, -0.2) is 10.2 Å².